The molecule has 0 aliphatic heterocycles. The summed E-state index contributed by atoms with van der Waals surface area (Å²) in [4.78, 5) is 20.8. The van der Waals surface area contributed by atoms with Crippen molar-refractivity contribution in [2.45, 2.75) is 4.21 Å². The van der Waals surface area contributed by atoms with Crippen LogP contribution in [-0.2, 0) is 14.8 Å². The summed E-state index contributed by atoms with van der Waals surface area (Å²) in [6.07, 6.45) is -1.00. The van der Waals surface area contributed by atoms with Crippen LogP contribution in [0.3, 0.4) is 0 Å². The average molecular weight is 294 g/mol. The number of primary amides is 1. The van der Waals surface area contributed by atoms with Crippen molar-refractivity contribution in [2.75, 3.05) is 13.2 Å². The quantitative estimate of drug-likeness (QED) is 0.623. The molecule has 0 spiro atoms. The summed E-state index contributed by atoms with van der Waals surface area (Å²) in [6.45, 7) is -0.350. The highest BCUT2D eigenvalue weighted by Gasteiger charge is 2.18. The molecule has 18 heavy (non-hydrogen) atoms. The van der Waals surface area contributed by atoms with Crippen LogP contribution in [-0.4, -0.2) is 38.7 Å². The zero-order valence-corrected chi connectivity index (χ0v) is 10.6. The molecule has 1 rings (SSSR count). The van der Waals surface area contributed by atoms with Gasteiger partial charge in [0, 0.05) is 11.9 Å². The van der Waals surface area contributed by atoms with E-state index in [4.69, 9.17) is 5.11 Å². The lowest BCUT2D eigenvalue weighted by Crippen LogP contribution is -2.28. The molecule has 4 N–H and O–H groups in total. The number of sulfonamides is 1. The fourth-order valence-corrected chi connectivity index (χ4v) is 3.18. The molecule has 10 heteroatoms. The summed E-state index contributed by atoms with van der Waals surface area (Å²) in [5.74, 6) is -1.20. The van der Waals surface area contributed by atoms with E-state index < -0.39 is 22.1 Å². The first-order chi connectivity index (χ1) is 8.33. The van der Waals surface area contributed by atoms with Gasteiger partial charge in [-0.1, -0.05) is 0 Å². The number of hydrogen-bond donors (Lipinski definition) is 3. The van der Waals surface area contributed by atoms with Gasteiger partial charge in [0.15, 0.2) is 0 Å². The first kappa shape index (κ1) is 14.4. The van der Waals surface area contributed by atoms with Crippen LogP contribution in [0.25, 0.3) is 0 Å². The second kappa shape index (κ2) is 5.80. The summed E-state index contributed by atoms with van der Waals surface area (Å²) >= 11 is 0.785. The summed E-state index contributed by atoms with van der Waals surface area (Å²) in [6, 6.07) is 1.05. The second-order valence-electron chi connectivity index (χ2n) is 3.02. The molecular weight excluding hydrogens is 284 g/mol. The number of ether oxygens (including phenoxy) is 1. The van der Waals surface area contributed by atoms with Crippen LogP contribution in [0.4, 0.5) is 4.79 Å². The van der Waals surface area contributed by atoms with Gasteiger partial charge >= 0.3 is 12.1 Å². The first-order valence-corrected chi connectivity index (χ1v) is 6.93. The number of carbonyl (C=O) groups is 2. The van der Waals surface area contributed by atoms with Gasteiger partial charge in [0.25, 0.3) is 0 Å². The molecule has 1 aromatic heterocycles. The van der Waals surface area contributed by atoms with E-state index in [0.29, 0.717) is 0 Å². The summed E-state index contributed by atoms with van der Waals surface area (Å²) < 4.78 is 29.6. The van der Waals surface area contributed by atoms with Gasteiger partial charge in [-0.3, -0.25) is 0 Å². The van der Waals surface area contributed by atoms with Crippen LogP contribution >= 0.6 is 11.3 Å². The number of carbonyl (C=O) groups excluding carboxylic acids is 1. The first-order valence-electron chi connectivity index (χ1n) is 4.56. The number of nitrogens with two attached hydrogens (primary N) is 1. The Labute approximate surface area is 106 Å². The highest BCUT2D eigenvalue weighted by Crippen LogP contribution is 2.19. The molecule has 100 valence electrons. The Bertz CT molecular complexity index is 550. The molecule has 0 bridgehead atoms. The Balaban J connectivity index is 2.62. The van der Waals surface area contributed by atoms with Gasteiger partial charge in [0.1, 0.15) is 10.8 Å². The fraction of sp³-hybridized carbons (Fsp3) is 0.250. The minimum Gasteiger partial charge on any atom is -0.478 e. The molecule has 0 aromatic carbocycles. The average Bonchev–Trinajstić information content (AvgIpc) is 2.74. The molecule has 8 nitrogen and oxygen atoms in total. The van der Waals surface area contributed by atoms with Crippen LogP contribution < -0.4 is 10.5 Å². The van der Waals surface area contributed by atoms with Crippen LogP contribution in [0.2, 0.25) is 0 Å². The summed E-state index contributed by atoms with van der Waals surface area (Å²) in [5.41, 5.74) is 4.59. The number of amides is 1. The topological polar surface area (TPSA) is 136 Å². The second-order valence-corrected chi connectivity index (χ2v) is 5.93. The minimum absolute atomic E-state index is 0.103. The number of carboxylic acid groups (broad SMARTS) is 1. The molecule has 0 aliphatic carbocycles. The highest BCUT2D eigenvalue weighted by molar-refractivity contribution is 7.91. The number of carboxylic acids is 1. The van der Waals surface area contributed by atoms with E-state index in [0.717, 1.165) is 17.4 Å². The third-order valence-electron chi connectivity index (χ3n) is 1.73. The van der Waals surface area contributed by atoms with Gasteiger partial charge in [0.2, 0.25) is 10.0 Å². The van der Waals surface area contributed by atoms with Gasteiger partial charge in [-0.25, -0.2) is 22.7 Å². The third-order valence-corrected chi connectivity index (χ3v) is 4.63. The lowest BCUT2D eigenvalue weighted by molar-refractivity contribution is 0.0697. The Morgan fingerprint density at radius 1 is 1.50 bits per heavy atom. The van der Waals surface area contributed by atoms with E-state index in [2.05, 4.69) is 15.2 Å². The van der Waals surface area contributed by atoms with Crippen LogP contribution in [0.15, 0.2) is 15.7 Å². The van der Waals surface area contributed by atoms with Crippen molar-refractivity contribution in [2.24, 2.45) is 5.73 Å². The Hall–Kier alpha value is -1.65. The molecule has 1 aromatic rings. The lowest BCUT2D eigenvalue weighted by Gasteiger charge is -2.04. The van der Waals surface area contributed by atoms with E-state index in [9.17, 15) is 18.0 Å². The predicted octanol–water partition coefficient (Wildman–Crippen LogP) is -0.180. The monoisotopic (exact) mass is 294 g/mol. The van der Waals surface area contributed by atoms with Crippen LogP contribution in [0.1, 0.15) is 10.4 Å². The van der Waals surface area contributed by atoms with E-state index in [-0.39, 0.29) is 22.9 Å². The van der Waals surface area contributed by atoms with Crippen molar-refractivity contribution in [3.8, 4) is 0 Å². The smallest absolute Gasteiger partial charge is 0.404 e. The highest BCUT2D eigenvalue weighted by atomic mass is 32.2. The third kappa shape index (κ3) is 3.98. The van der Waals surface area contributed by atoms with Crippen LogP contribution in [0, 0.1) is 0 Å². The molecule has 0 unspecified atom stereocenters. The molecule has 0 aliphatic rings. The Kier molecular flexibility index (Phi) is 4.64. The number of thiophene rings is 1. The summed E-state index contributed by atoms with van der Waals surface area (Å²) in [5, 5.41) is 9.88. The molecule has 0 radical (unpaired) electrons. The van der Waals surface area contributed by atoms with Gasteiger partial charge in [0.05, 0.1) is 5.56 Å². The van der Waals surface area contributed by atoms with Crippen molar-refractivity contribution in [3.63, 3.8) is 0 Å². The van der Waals surface area contributed by atoms with E-state index in [1.54, 1.807) is 0 Å². The Morgan fingerprint density at radius 3 is 2.67 bits per heavy atom. The summed E-state index contributed by atoms with van der Waals surface area (Å²) in [7, 11) is -3.80. The van der Waals surface area contributed by atoms with Crippen molar-refractivity contribution >= 4 is 33.4 Å². The Morgan fingerprint density at radius 2 is 2.17 bits per heavy atom. The van der Waals surface area contributed by atoms with Crippen LogP contribution in [0.5, 0.6) is 0 Å². The van der Waals surface area contributed by atoms with Gasteiger partial charge in [-0.15, -0.1) is 11.3 Å². The maximum Gasteiger partial charge on any atom is 0.404 e. The zero-order chi connectivity index (χ0) is 13.8. The minimum atomic E-state index is -3.80. The standard InChI is InChI=1S/C8H10N2O6S2/c9-8(13)16-2-1-10-18(14,15)6-3-5(4-17-6)7(11)12/h3-4,10H,1-2H2,(H2,9,13)(H,11,12). The number of aromatic carboxylic acids is 1. The largest absolute Gasteiger partial charge is 0.478 e. The molecule has 0 fully saturated rings. The maximum absolute atomic E-state index is 11.6. The van der Waals surface area contributed by atoms with Gasteiger partial charge in [-0.2, -0.15) is 0 Å². The molecule has 1 heterocycles. The molecule has 1 amide bonds. The maximum atomic E-state index is 11.6. The van der Waals surface area contributed by atoms with E-state index in [1.807, 2.05) is 0 Å². The normalized spacial score (nSPS) is 11.1. The van der Waals surface area contributed by atoms with Crippen molar-refractivity contribution < 1.29 is 27.9 Å². The lowest BCUT2D eigenvalue weighted by atomic mass is 10.4. The van der Waals surface area contributed by atoms with Crippen molar-refractivity contribution in [1.82, 2.24) is 4.72 Å². The molecular formula is C8H10N2O6S2. The number of rotatable bonds is 6. The van der Waals surface area contributed by atoms with E-state index in [1.165, 1.54) is 5.38 Å². The van der Waals surface area contributed by atoms with Gasteiger partial charge in [-0.05, 0) is 6.07 Å². The molecule has 0 atom stereocenters. The fourth-order valence-electron chi connectivity index (χ4n) is 0.968. The molecule has 0 saturated carbocycles. The number of hydrogen-bond acceptors (Lipinski definition) is 6. The molecule has 0 saturated heterocycles. The van der Waals surface area contributed by atoms with E-state index >= 15 is 0 Å². The SMILES string of the molecule is NC(=O)OCCNS(=O)(=O)c1cc(C(=O)O)cs1. The number of nitrogens with one attached hydrogen (secondary N) is 1. The van der Waals surface area contributed by atoms with Crippen molar-refractivity contribution in [1.29, 1.82) is 0 Å². The predicted molar refractivity (Wildman–Crippen MR) is 62.0 cm³/mol. The zero-order valence-electron chi connectivity index (χ0n) is 8.95. The van der Waals surface area contributed by atoms with Gasteiger partial charge < -0.3 is 15.6 Å². The van der Waals surface area contributed by atoms with Crippen molar-refractivity contribution in [3.05, 3.63) is 17.0 Å².